The van der Waals surface area contributed by atoms with Crippen LogP contribution in [0, 0.1) is 6.92 Å². The Morgan fingerprint density at radius 3 is 2.62 bits per heavy atom. The van der Waals surface area contributed by atoms with Gasteiger partial charge in [-0.15, -0.1) is 31.7 Å². The summed E-state index contributed by atoms with van der Waals surface area (Å²) in [6.45, 7) is 2.01. The molecule has 0 aliphatic heterocycles. The monoisotopic (exact) mass is 549 g/mol. The largest absolute Gasteiger partial charge is 0.344 e. The van der Waals surface area contributed by atoms with Crippen molar-refractivity contribution in [1.82, 2.24) is 30.3 Å². The second kappa shape index (κ2) is 10.3. The van der Waals surface area contributed by atoms with Gasteiger partial charge in [0.2, 0.25) is 11.0 Å². The van der Waals surface area contributed by atoms with E-state index in [0.717, 1.165) is 15.2 Å². The molecule has 0 aliphatic rings. The minimum absolute atomic E-state index is 0.120. The molecule has 4 aromatic rings. The molecular formula is C19H16BrN7O2S3. The number of carbonyl (C=O) groups excluding carboxylic acids is 2. The van der Waals surface area contributed by atoms with Gasteiger partial charge in [-0.05, 0) is 42.6 Å². The molecule has 4 rings (SSSR count). The number of amides is 2. The Labute approximate surface area is 203 Å². The van der Waals surface area contributed by atoms with E-state index in [2.05, 4.69) is 47.0 Å². The molecule has 0 atom stereocenters. The number of anilines is 1. The van der Waals surface area contributed by atoms with Crippen LogP contribution in [0.25, 0.3) is 5.69 Å². The summed E-state index contributed by atoms with van der Waals surface area (Å²) in [5.74, 6) is 0.282. The number of aromatic nitrogens is 5. The molecule has 32 heavy (non-hydrogen) atoms. The second-order valence-electron chi connectivity index (χ2n) is 6.33. The van der Waals surface area contributed by atoms with Crippen molar-refractivity contribution in [2.45, 2.75) is 18.6 Å². The third-order valence-electron chi connectivity index (χ3n) is 4.04. The number of hydrogen-bond acceptors (Lipinski definition) is 9. The van der Waals surface area contributed by atoms with Gasteiger partial charge in [0.15, 0.2) is 11.0 Å². The topological polar surface area (TPSA) is 115 Å². The summed E-state index contributed by atoms with van der Waals surface area (Å²) in [6, 6.07) is 11.2. The van der Waals surface area contributed by atoms with E-state index in [9.17, 15) is 9.59 Å². The molecule has 13 heteroatoms. The van der Waals surface area contributed by atoms with E-state index < -0.39 is 0 Å². The van der Waals surface area contributed by atoms with E-state index in [0.29, 0.717) is 21.0 Å². The average molecular weight is 550 g/mol. The van der Waals surface area contributed by atoms with Gasteiger partial charge < -0.3 is 5.32 Å². The Hall–Kier alpha value is -2.61. The highest BCUT2D eigenvalue weighted by atomic mass is 79.9. The lowest BCUT2D eigenvalue weighted by Crippen LogP contribution is -2.24. The molecule has 9 nitrogen and oxygen atoms in total. The fourth-order valence-corrected chi connectivity index (χ4v) is 4.93. The molecule has 0 unspecified atom stereocenters. The van der Waals surface area contributed by atoms with Crippen LogP contribution in [-0.2, 0) is 11.3 Å². The molecule has 0 radical (unpaired) electrons. The zero-order valence-corrected chi connectivity index (χ0v) is 20.6. The standard InChI is InChI=1S/C19H16BrN7O2S3/c1-11-23-25-18(32-11)22-16(28)10-31-19-26-24-15(9-21-17(29)14-3-2-8-30-14)27(19)13-6-4-12(20)5-7-13/h2-8H,9-10H2,1H3,(H,21,29)(H,22,25,28). The highest BCUT2D eigenvalue weighted by Crippen LogP contribution is 2.24. The number of benzene rings is 1. The number of carbonyl (C=O) groups is 2. The lowest BCUT2D eigenvalue weighted by Gasteiger charge is -2.11. The number of nitrogens with one attached hydrogen (secondary N) is 2. The van der Waals surface area contributed by atoms with Gasteiger partial charge in [-0.1, -0.05) is 45.1 Å². The number of halogens is 1. The fraction of sp³-hybridized carbons (Fsp3) is 0.158. The zero-order chi connectivity index (χ0) is 22.5. The van der Waals surface area contributed by atoms with Gasteiger partial charge in [0, 0.05) is 10.2 Å². The van der Waals surface area contributed by atoms with Gasteiger partial charge in [0.25, 0.3) is 5.91 Å². The minimum atomic E-state index is -0.218. The normalized spacial score (nSPS) is 10.8. The predicted molar refractivity (Wildman–Crippen MR) is 129 cm³/mol. The molecule has 3 aromatic heterocycles. The van der Waals surface area contributed by atoms with Crippen molar-refractivity contribution in [2.75, 3.05) is 11.1 Å². The Morgan fingerprint density at radius 1 is 1.12 bits per heavy atom. The van der Waals surface area contributed by atoms with Crippen molar-refractivity contribution in [1.29, 1.82) is 0 Å². The first-order chi connectivity index (χ1) is 15.5. The number of nitrogens with zero attached hydrogens (tertiary/aromatic N) is 5. The summed E-state index contributed by atoms with van der Waals surface area (Å²) < 4.78 is 2.76. The van der Waals surface area contributed by atoms with E-state index in [-0.39, 0.29) is 24.1 Å². The summed E-state index contributed by atoms with van der Waals surface area (Å²) in [4.78, 5) is 25.3. The molecular weight excluding hydrogens is 534 g/mol. The molecule has 0 fully saturated rings. The van der Waals surface area contributed by atoms with Crippen molar-refractivity contribution < 1.29 is 9.59 Å². The smallest absolute Gasteiger partial charge is 0.261 e. The highest BCUT2D eigenvalue weighted by molar-refractivity contribution is 9.10. The number of rotatable bonds is 8. The van der Waals surface area contributed by atoms with Crippen LogP contribution in [0.5, 0.6) is 0 Å². The summed E-state index contributed by atoms with van der Waals surface area (Å²) >= 11 is 7.36. The van der Waals surface area contributed by atoms with Crippen LogP contribution in [0.4, 0.5) is 5.13 Å². The van der Waals surface area contributed by atoms with E-state index in [1.165, 1.54) is 34.4 Å². The van der Waals surface area contributed by atoms with E-state index in [4.69, 9.17) is 0 Å². The van der Waals surface area contributed by atoms with Crippen molar-refractivity contribution in [2.24, 2.45) is 0 Å². The van der Waals surface area contributed by atoms with E-state index in [1.54, 1.807) is 6.07 Å². The second-order valence-corrected chi connectivity index (χ2v) is 10.3. The van der Waals surface area contributed by atoms with Crippen LogP contribution in [0.2, 0.25) is 0 Å². The number of hydrogen-bond donors (Lipinski definition) is 2. The first-order valence-corrected chi connectivity index (χ1v) is 12.7. The lowest BCUT2D eigenvalue weighted by molar-refractivity contribution is -0.113. The molecule has 0 saturated carbocycles. The van der Waals surface area contributed by atoms with Gasteiger partial charge >= 0.3 is 0 Å². The van der Waals surface area contributed by atoms with Crippen LogP contribution >= 0.6 is 50.4 Å². The third-order valence-corrected chi connectivity index (χ3v) is 7.12. The van der Waals surface area contributed by atoms with Crippen LogP contribution < -0.4 is 10.6 Å². The van der Waals surface area contributed by atoms with Crippen molar-refractivity contribution in [3.05, 3.63) is 62.0 Å². The summed E-state index contributed by atoms with van der Waals surface area (Å²) in [6.07, 6.45) is 0. The highest BCUT2D eigenvalue weighted by Gasteiger charge is 2.18. The van der Waals surface area contributed by atoms with Crippen LogP contribution in [-0.4, -0.2) is 42.5 Å². The first kappa shape index (κ1) is 22.6. The van der Waals surface area contributed by atoms with Crippen molar-refractivity contribution in [3.8, 4) is 5.69 Å². The summed E-state index contributed by atoms with van der Waals surface area (Å²) in [5, 5.41) is 25.5. The predicted octanol–water partition coefficient (Wildman–Crippen LogP) is 3.91. The lowest BCUT2D eigenvalue weighted by atomic mass is 10.3. The molecule has 0 spiro atoms. The van der Waals surface area contributed by atoms with Crippen LogP contribution in [0.3, 0.4) is 0 Å². The molecule has 0 bridgehead atoms. The maximum Gasteiger partial charge on any atom is 0.261 e. The average Bonchev–Trinajstić information content (AvgIpc) is 3.53. The zero-order valence-electron chi connectivity index (χ0n) is 16.6. The molecule has 2 amide bonds. The van der Waals surface area contributed by atoms with Gasteiger partial charge in [0.1, 0.15) is 5.01 Å². The van der Waals surface area contributed by atoms with Crippen molar-refractivity contribution in [3.63, 3.8) is 0 Å². The number of thiophene rings is 1. The van der Waals surface area contributed by atoms with Crippen LogP contribution in [0.15, 0.2) is 51.4 Å². The Kier molecular flexibility index (Phi) is 7.29. The van der Waals surface area contributed by atoms with E-state index >= 15 is 0 Å². The maximum absolute atomic E-state index is 12.3. The number of thioether (sulfide) groups is 1. The fourth-order valence-electron chi connectivity index (χ4n) is 2.64. The Bertz CT molecular complexity index is 1220. The maximum atomic E-state index is 12.3. The van der Waals surface area contributed by atoms with Crippen molar-refractivity contribution >= 4 is 67.3 Å². The van der Waals surface area contributed by atoms with E-state index in [1.807, 2.05) is 47.2 Å². The van der Waals surface area contributed by atoms with Gasteiger partial charge in [-0.25, -0.2) is 0 Å². The third kappa shape index (κ3) is 5.59. The summed E-state index contributed by atoms with van der Waals surface area (Å²) in [5.41, 5.74) is 0.821. The molecule has 2 N–H and O–H groups in total. The summed E-state index contributed by atoms with van der Waals surface area (Å²) in [7, 11) is 0. The Balaban J connectivity index is 1.50. The SMILES string of the molecule is Cc1nnc(NC(=O)CSc2nnc(CNC(=O)c3cccs3)n2-c2ccc(Br)cc2)s1. The van der Waals surface area contributed by atoms with Gasteiger partial charge in [-0.2, -0.15) is 0 Å². The molecule has 3 heterocycles. The Morgan fingerprint density at radius 2 is 1.94 bits per heavy atom. The van der Waals surface area contributed by atoms with Crippen LogP contribution in [0.1, 0.15) is 20.5 Å². The first-order valence-electron chi connectivity index (χ1n) is 9.24. The molecule has 1 aromatic carbocycles. The van der Waals surface area contributed by atoms with Gasteiger partial charge in [0.05, 0.1) is 17.2 Å². The number of aryl methyl sites for hydroxylation is 1. The quantitative estimate of drug-likeness (QED) is 0.320. The van der Waals surface area contributed by atoms with Gasteiger partial charge in [-0.3, -0.25) is 19.5 Å². The molecule has 0 aliphatic carbocycles. The molecule has 0 saturated heterocycles. The molecule has 164 valence electrons. The minimum Gasteiger partial charge on any atom is -0.344 e.